The summed E-state index contributed by atoms with van der Waals surface area (Å²) >= 11 is 1.48. The molecule has 1 N–H and O–H groups in total. The number of nitrogens with zero attached hydrogens (tertiary/aromatic N) is 3. The number of anilines is 1. The predicted octanol–water partition coefficient (Wildman–Crippen LogP) is 3.68. The molecule has 0 fully saturated rings. The highest BCUT2D eigenvalue weighted by molar-refractivity contribution is 7.22. The molecule has 0 saturated carbocycles. The van der Waals surface area contributed by atoms with E-state index in [1.807, 2.05) is 39.0 Å². The molecule has 120 valence electrons. The van der Waals surface area contributed by atoms with Crippen molar-refractivity contribution in [1.29, 1.82) is 0 Å². The van der Waals surface area contributed by atoms with E-state index in [4.69, 9.17) is 4.52 Å². The van der Waals surface area contributed by atoms with Gasteiger partial charge in [-0.15, -0.1) is 0 Å². The first kappa shape index (κ1) is 15.6. The molecule has 0 aliphatic carbocycles. The molecule has 0 atom stereocenters. The van der Waals surface area contributed by atoms with Crippen molar-refractivity contribution in [3.8, 4) is 0 Å². The SMILES string of the molecule is Cc1cccc2sc(NC(=O)CCc3nc(C(C)C)no3)nc12. The number of aromatic nitrogens is 3. The van der Waals surface area contributed by atoms with E-state index >= 15 is 0 Å². The lowest BCUT2D eigenvalue weighted by molar-refractivity contribution is -0.116. The molecule has 23 heavy (non-hydrogen) atoms. The number of para-hydroxylation sites is 1. The highest BCUT2D eigenvalue weighted by Crippen LogP contribution is 2.27. The van der Waals surface area contributed by atoms with Gasteiger partial charge in [0.2, 0.25) is 11.8 Å². The Balaban J connectivity index is 1.60. The van der Waals surface area contributed by atoms with Gasteiger partial charge in [-0.3, -0.25) is 4.79 Å². The van der Waals surface area contributed by atoms with Crippen molar-refractivity contribution in [3.63, 3.8) is 0 Å². The molecule has 0 bridgehead atoms. The van der Waals surface area contributed by atoms with Crippen LogP contribution in [0.1, 0.15) is 43.5 Å². The van der Waals surface area contributed by atoms with Crippen molar-refractivity contribution in [1.82, 2.24) is 15.1 Å². The summed E-state index contributed by atoms with van der Waals surface area (Å²) in [5.41, 5.74) is 2.04. The van der Waals surface area contributed by atoms with E-state index in [1.54, 1.807) is 0 Å². The van der Waals surface area contributed by atoms with Crippen molar-refractivity contribution >= 4 is 32.6 Å². The average molecular weight is 330 g/mol. The third kappa shape index (κ3) is 3.56. The summed E-state index contributed by atoms with van der Waals surface area (Å²) in [6.07, 6.45) is 0.712. The maximum Gasteiger partial charge on any atom is 0.227 e. The maximum atomic E-state index is 12.1. The fourth-order valence-corrected chi connectivity index (χ4v) is 3.11. The van der Waals surface area contributed by atoms with Crippen LogP contribution in [0.2, 0.25) is 0 Å². The van der Waals surface area contributed by atoms with Gasteiger partial charge in [-0.2, -0.15) is 4.98 Å². The third-order valence-corrected chi connectivity index (χ3v) is 4.37. The van der Waals surface area contributed by atoms with Crippen molar-refractivity contribution in [3.05, 3.63) is 35.5 Å². The highest BCUT2D eigenvalue weighted by Gasteiger charge is 2.13. The van der Waals surface area contributed by atoms with Crippen LogP contribution in [0, 0.1) is 6.92 Å². The zero-order valence-electron chi connectivity index (χ0n) is 13.3. The van der Waals surface area contributed by atoms with E-state index in [9.17, 15) is 4.79 Å². The number of carbonyl (C=O) groups excluding carboxylic acids is 1. The molecular formula is C16H18N4O2S. The lowest BCUT2D eigenvalue weighted by Gasteiger charge is -1.98. The first-order valence-corrected chi connectivity index (χ1v) is 8.33. The zero-order valence-corrected chi connectivity index (χ0v) is 14.1. The van der Waals surface area contributed by atoms with Crippen LogP contribution in [0.3, 0.4) is 0 Å². The van der Waals surface area contributed by atoms with E-state index in [2.05, 4.69) is 20.4 Å². The second-order valence-electron chi connectivity index (χ2n) is 5.69. The number of fused-ring (bicyclic) bond motifs is 1. The maximum absolute atomic E-state index is 12.1. The lowest BCUT2D eigenvalue weighted by atomic mass is 10.2. The van der Waals surface area contributed by atoms with Gasteiger partial charge in [-0.1, -0.05) is 42.5 Å². The molecule has 0 unspecified atom stereocenters. The number of aryl methyl sites for hydroxylation is 2. The second kappa shape index (κ2) is 6.45. The molecule has 1 amide bonds. The van der Waals surface area contributed by atoms with Crippen LogP contribution in [0.5, 0.6) is 0 Å². The highest BCUT2D eigenvalue weighted by atomic mass is 32.1. The Morgan fingerprint density at radius 3 is 2.87 bits per heavy atom. The van der Waals surface area contributed by atoms with Gasteiger partial charge in [-0.05, 0) is 18.6 Å². The molecule has 1 aromatic carbocycles. The fourth-order valence-electron chi connectivity index (χ4n) is 2.15. The molecule has 0 radical (unpaired) electrons. The van der Waals surface area contributed by atoms with Gasteiger partial charge in [0.25, 0.3) is 0 Å². The van der Waals surface area contributed by atoms with Crippen LogP contribution in [0.25, 0.3) is 10.2 Å². The van der Waals surface area contributed by atoms with Crippen LogP contribution < -0.4 is 5.32 Å². The molecule has 0 saturated heterocycles. The average Bonchev–Trinajstić information content (AvgIpc) is 3.12. The Morgan fingerprint density at radius 1 is 1.35 bits per heavy atom. The molecule has 3 aromatic rings. The van der Waals surface area contributed by atoms with Crippen LogP contribution in [0.4, 0.5) is 5.13 Å². The largest absolute Gasteiger partial charge is 0.339 e. The van der Waals surface area contributed by atoms with Crippen LogP contribution in [-0.4, -0.2) is 21.0 Å². The lowest BCUT2D eigenvalue weighted by Crippen LogP contribution is -2.12. The van der Waals surface area contributed by atoms with Crippen molar-refractivity contribution in [2.75, 3.05) is 5.32 Å². The topological polar surface area (TPSA) is 80.9 Å². The number of hydrogen-bond donors (Lipinski definition) is 1. The predicted molar refractivity (Wildman–Crippen MR) is 89.7 cm³/mol. The Bertz CT molecular complexity index is 838. The van der Waals surface area contributed by atoms with Crippen molar-refractivity contribution < 1.29 is 9.32 Å². The third-order valence-electron chi connectivity index (χ3n) is 3.43. The summed E-state index contributed by atoms with van der Waals surface area (Å²) in [6.45, 7) is 6.00. The smallest absolute Gasteiger partial charge is 0.227 e. The first-order valence-electron chi connectivity index (χ1n) is 7.51. The van der Waals surface area contributed by atoms with Crippen molar-refractivity contribution in [2.24, 2.45) is 0 Å². The molecular weight excluding hydrogens is 312 g/mol. The number of thiazole rings is 1. The van der Waals surface area contributed by atoms with Gasteiger partial charge in [0.1, 0.15) is 0 Å². The molecule has 7 heteroatoms. The molecule has 0 aliphatic rings. The number of carbonyl (C=O) groups is 1. The standard InChI is InChI=1S/C16H18N4O2S/c1-9(2)15-18-13(22-20-15)8-7-12(21)17-16-19-14-10(3)5-4-6-11(14)23-16/h4-6,9H,7-8H2,1-3H3,(H,17,19,21). The Labute approximate surface area is 137 Å². The number of rotatable bonds is 5. The summed E-state index contributed by atoms with van der Waals surface area (Å²) in [6, 6.07) is 6.00. The van der Waals surface area contributed by atoms with Crippen LogP contribution in [-0.2, 0) is 11.2 Å². The molecule has 3 rings (SSSR count). The van der Waals surface area contributed by atoms with E-state index in [-0.39, 0.29) is 18.2 Å². The number of amides is 1. The minimum atomic E-state index is -0.106. The van der Waals surface area contributed by atoms with Gasteiger partial charge in [0.15, 0.2) is 11.0 Å². The number of hydrogen-bond acceptors (Lipinski definition) is 6. The van der Waals surface area contributed by atoms with Gasteiger partial charge >= 0.3 is 0 Å². The van der Waals surface area contributed by atoms with Crippen LogP contribution in [0.15, 0.2) is 22.7 Å². The minimum Gasteiger partial charge on any atom is -0.339 e. The van der Waals surface area contributed by atoms with Crippen LogP contribution >= 0.6 is 11.3 Å². The van der Waals surface area contributed by atoms with E-state index in [0.717, 1.165) is 15.8 Å². The second-order valence-corrected chi connectivity index (χ2v) is 6.72. The Morgan fingerprint density at radius 2 is 2.17 bits per heavy atom. The summed E-state index contributed by atoms with van der Waals surface area (Å²) < 4.78 is 6.20. The van der Waals surface area contributed by atoms with Gasteiger partial charge in [0.05, 0.1) is 10.2 Å². The molecule has 0 spiro atoms. The number of nitrogens with one attached hydrogen (secondary N) is 1. The minimum absolute atomic E-state index is 0.106. The molecule has 2 aromatic heterocycles. The molecule has 6 nitrogen and oxygen atoms in total. The Hall–Kier alpha value is -2.28. The summed E-state index contributed by atoms with van der Waals surface area (Å²) in [5, 5.41) is 7.34. The normalized spacial score (nSPS) is 11.3. The molecule has 2 heterocycles. The monoisotopic (exact) mass is 330 g/mol. The summed E-state index contributed by atoms with van der Waals surface area (Å²) in [5.74, 6) is 1.27. The summed E-state index contributed by atoms with van der Waals surface area (Å²) in [7, 11) is 0. The number of benzene rings is 1. The molecule has 0 aliphatic heterocycles. The Kier molecular flexibility index (Phi) is 4.38. The quantitative estimate of drug-likeness (QED) is 0.771. The van der Waals surface area contributed by atoms with E-state index in [0.29, 0.717) is 23.3 Å². The fraction of sp³-hybridized carbons (Fsp3) is 0.375. The zero-order chi connectivity index (χ0) is 16.4. The van der Waals surface area contributed by atoms with Crippen molar-refractivity contribution in [2.45, 2.75) is 39.5 Å². The van der Waals surface area contributed by atoms with E-state index < -0.39 is 0 Å². The van der Waals surface area contributed by atoms with Gasteiger partial charge in [-0.25, -0.2) is 4.98 Å². The first-order chi connectivity index (χ1) is 11.0. The summed E-state index contributed by atoms with van der Waals surface area (Å²) in [4.78, 5) is 20.8. The van der Waals surface area contributed by atoms with Gasteiger partial charge in [0, 0.05) is 18.8 Å². The van der Waals surface area contributed by atoms with Gasteiger partial charge < -0.3 is 9.84 Å². The van der Waals surface area contributed by atoms with E-state index in [1.165, 1.54) is 11.3 Å².